The third-order valence-corrected chi connectivity index (χ3v) is 5.81. The molecular weight excluding hydrogens is 352 g/mol. The van der Waals surface area contributed by atoms with E-state index in [1.165, 1.54) is 11.3 Å². The minimum atomic E-state index is -0.136. The Bertz CT molecular complexity index is 968. The van der Waals surface area contributed by atoms with Gasteiger partial charge in [-0.2, -0.15) is 0 Å². The molecule has 0 bridgehead atoms. The van der Waals surface area contributed by atoms with E-state index in [1.54, 1.807) is 29.7 Å². The number of H-pyrrole nitrogens is 1. The highest BCUT2D eigenvalue weighted by Gasteiger charge is 2.20. The van der Waals surface area contributed by atoms with Gasteiger partial charge in [-0.25, -0.2) is 4.98 Å². The first-order valence-electron chi connectivity index (χ1n) is 8.26. The van der Waals surface area contributed by atoms with E-state index in [9.17, 15) is 4.79 Å². The zero-order chi connectivity index (χ0) is 17.4. The molecule has 0 saturated carbocycles. The van der Waals surface area contributed by atoms with Crippen molar-refractivity contribution in [3.8, 4) is 5.69 Å². The number of aromatic amines is 1. The number of aromatic nitrogens is 3. The van der Waals surface area contributed by atoms with Crippen molar-refractivity contribution >= 4 is 34.6 Å². The molecule has 3 aromatic rings. The SMILES string of the molecule is C[C@H]1CCc2nc(NC(=O)c3ccc(-n4cc[nH]c4=S)cc3)sc2C1. The molecule has 0 radical (unpaired) electrons. The second-order valence-electron chi connectivity index (χ2n) is 6.37. The highest BCUT2D eigenvalue weighted by Crippen LogP contribution is 2.32. The molecule has 0 fully saturated rings. The van der Waals surface area contributed by atoms with Crippen molar-refractivity contribution in [3.63, 3.8) is 0 Å². The largest absolute Gasteiger partial charge is 0.337 e. The topological polar surface area (TPSA) is 62.7 Å². The van der Waals surface area contributed by atoms with Gasteiger partial charge in [0.1, 0.15) is 0 Å². The maximum absolute atomic E-state index is 12.5. The van der Waals surface area contributed by atoms with Crippen molar-refractivity contribution < 1.29 is 4.79 Å². The Morgan fingerprint density at radius 1 is 1.40 bits per heavy atom. The lowest BCUT2D eigenvalue weighted by Crippen LogP contribution is -2.12. The first-order chi connectivity index (χ1) is 12.1. The number of amides is 1. The number of benzene rings is 1. The fraction of sp³-hybridized carbons (Fsp3) is 0.278. The number of hydrogen-bond acceptors (Lipinski definition) is 4. The van der Waals surface area contributed by atoms with Crippen molar-refractivity contribution in [2.45, 2.75) is 26.2 Å². The summed E-state index contributed by atoms with van der Waals surface area (Å²) in [6.07, 6.45) is 6.89. The van der Waals surface area contributed by atoms with Crippen LogP contribution in [0.3, 0.4) is 0 Å². The Balaban J connectivity index is 1.50. The van der Waals surface area contributed by atoms with Crippen LogP contribution in [0.5, 0.6) is 0 Å². The molecule has 0 unspecified atom stereocenters. The molecule has 1 atom stereocenters. The Morgan fingerprint density at radius 3 is 2.92 bits per heavy atom. The van der Waals surface area contributed by atoms with Crippen LogP contribution >= 0.6 is 23.6 Å². The molecule has 5 nitrogen and oxygen atoms in total. The summed E-state index contributed by atoms with van der Waals surface area (Å²) >= 11 is 6.81. The molecule has 1 aromatic carbocycles. The van der Waals surface area contributed by atoms with Gasteiger partial charge in [-0.05, 0) is 61.7 Å². The summed E-state index contributed by atoms with van der Waals surface area (Å²) in [6, 6.07) is 7.37. The average molecular weight is 371 g/mol. The summed E-state index contributed by atoms with van der Waals surface area (Å²) in [5, 5.41) is 3.63. The van der Waals surface area contributed by atoms with Crippen LogP contribution in [0.25, 0.3) is 5.69 Å². The lowest BCUT2D eigenvalue weighted by atomic mass is 9.93. The molecular formula is C18H18N4OS2. The summed E-state index contributed by atoms with van der Waals surface area (Å²) in [7, 11) is 0. The molecule has 7 heteroatoms. The van der Waals surface area contributed by atoms with E-state index < -0.39 is 0 Å². The highest BCUT2D eigenvalue weighted by molar-refractivity contribution is 7.71. The van der Waals surface area contributed by atoms with Crippen LogP contribution in [0.15, 0.2) is 36.7 Å². The van der Waals surface area contributed by atoms with Gasteiger partial charge in [0.2, 0.25) is 0 Å². The number of anilines is 1. The second-order valence-corrected chi connectivity index (χ2v) is 7.84. The molecule has 25 heavy (non-hydrogen) atoms. The Labute approximate surface area is 154 Å². The molecule has 1 amide bonds. The van der Waals surface area contributed by atoms with Gasteiger partial charge >= 0.3 is 0 Å². The van der Waals surface area contributed by atoms with Gasteiger partial charge in [0.05, 0.1) is 5.69 Å². The number of rotatable bonds is 3. The Morgan fingerprint density at radius 2 is 2.20 bits per heavy atom. The standard InChI is InChI=1S/C18H18N4OS2/c1-11-2-7-14-15(10-11)25-17(20-14)21-16(23)12-3-5-13(6-4-12)22-9-8-19-18(22)24/h3-6,8-9,11H,2,7,10H2,1H3,(H,19,24)(H,20,21,23)/t11-/m0/s1. The van der Waals surface area contributed by atoms with Gasteiger partial charge in [-0.1, -0.05) is 6.92 Å². The highest BCUT2D eigenvalue weighted by atomic mass is 32.1. The monoisotopic (exact) mass is 370 g/mol. The Kier molecular flexibility index (Phi) is 4.27. The van der Waals surface area contributed by atoms with Crippen LogP contribution in [0.2, 0.25) is 0 Å². The minimum Gasteiger partial charge on any atom is -0.337 e. The lowest BCUT2D eigenvalue weighted by molar-refractivity contribution is 0.102. The summed E-state index contributed by atoms with van der Waals surface area (Å²) in [5.41, 5.74) is 2.67. The van der Waals surface area contributed by atoms with E-state index in [0.29, 0.717) is 21.4 Å². The van der Waals surface area contributed by atoms with E-state index in [-0.39, 0.29) is 5.91 Å². The third-order valence-electron chi connectivity index (χ3n) is 4.46. The van der Waals surface area contributed by atoms with Crippen molar-refractivity contribution in [2.75, 3.05) is 5.32 Å². The smallest absolute Gasteiger partial charge is 0.257 e. The van der Waals surface area contributed by atoms with Gasteiger partial charge in [-0.3, -0.25) is 14.7 Å². The van der Waals surface area contributed by atoms with E-state index in [4.69, 9.17) is 12.2 Å². The number of hydrogen-bond donors (Lipinski definition) is 2. The fourth-order valence-corrected chi connectivity index (χ4v) is 4.46. The summed E-state index contributed by atoms with van der Waals surface area (Å²) in [6.45, 7) is 2.26. The second kappa shape index (κ2) is 6.57. The first-order valence-corrected chi connectivity index (χ1v) is 9.49. The molecule has 0 aliphatic heterocycles. The van der Waals surface area contributed by atoms with E-state index in [1.807, 2.05) is 22.9 Å². The molecule has 1 aliphatic carbocycles. The number of fused-ring (bicyclic) bond motifs is 1. The Hall–Kier alpha value is -2.25. The van der Waals surface area contributed by atoms with Crippen LogP contribution in [0, 0.1) is 10.7 Å². The normalized spacial score (nSPS) is 16.4. The predicted molar refractivity (Wildman–Crippen MR) is 102 cm³/mol. The van der Waals surface area contributed by atoms with E-state index in [2.05, 4.69) is 22.2 Å². The maximum atomic E-state index is 12.5. The number of carbonyl (C=O) groups excluding carboxylic acids is 1. The number of carbonyl (C=O) groups is 1. The van der Waals surface area contributed by atoms with Crippen LogP contribution < -0.4 is 5.32 Å². The number of thiazole rings is 1. The first kappa shape index (κ1) is 16.2. The van der Waals surface area contributed by atoms with Crippen LogP contribution in [-0.2, 0) is 12.8 Å². The summed E-state index contributed by atoms with van der Waals surface area (Å²) < 4.78 is 2.48. The molecule has 2 N–H and O–H groups in total. The minimum absolute atomic E-state index is 0.136. The molecule has 4 rings (SSSR count). The van der Waals surface area contributed by atoms with Crippen LogP contribution in [0.4, 0.5) is 5.13 Å². The number of nitrogens with one attached hydrogen (secondary N) is 2. The molecule has 0 spiro atoms. The zero-order valence-corrected chi connectivity index (χ0v) is 15.4. The van der Waals surface area contributed by atoms with Crippen molar-refractivity contribution in [2.24, 2.45) is 5.92 Å². The summed E-state index contributed by atoms with van der Waals surface area (Å²) in [4.78, 5) is 21.3. The quantitative estimate of drug-likeness (QED) is 0.673. The van der Waals surface area contributed by atoms with Crippen molar-refractivity contribution in [1.82, 2.24) is 14.5 Å². The number of imidazole rings is 1. The van der Waals surface area contributed by atoms with Gasteiger partial charge < -0.3 is 4.98 Å². The molecule has 1 aliphatic rings. The zero-order valence-electron chi connectivity index (χ0n) is 13.8. The van der Waals surface area contributed by atoms with Crippen molar-refractivity contribution in [1.29, 1.82) is 0 Å². The van der Waals surface area contributed by atoms with Crippen LogP contribution in [0.1, 0.15) is 34.3 Å². The average Bonchev–Trinajstić information content (AvgIpc) is 3.20. The van der Waals surface area contributed by atoms with E-state index >= 15 is 0 Å². The maximum Gasteiger partial charge on any atom is 0.257 e. The van der Waals surface area contributed by atoms with Crippen molar-refractivity contribution in [3.05, 3.63) is 57.6 Å². The predicted octanol–water partition coefficient (Wildman–Crippen LogP) is 4.37. The van der Waals surface area contributed by atoms with Gasteiger partial charge in [0.25, 0.3) is 5.91 Å². The molecule has 0 saturated heterocycles. The van der Waals surface area contributed by atoms with Crippen LogP contribution in [-0.4, -0.2) is 20.4 Å². The van der Waals surface area contributed by atoms with Gasteiger partial charge in [-0.15, -0.1) is 11.3 Å². The molecule has 128 valence electrons. The van der Waals surface area contributed by atoms with Gasteiger partial charge in [0, 0.05) is 28.5 Å². The fourth-order valence-electron chi connectivity index (χ4n) is 3.06. The number of nitrogens with zero attached hydrogens (tertiary/aromatic N) is 2. The van der Waals surface area contributed by atoms with E-state index in [0.717, 1.165) is 24.2 Å². The lowest BCUT2D eigenvalue weighted by Gasteiger charge is -2.15. The third kappa shape index (κ3) is 3.29. The van der Waals surface area contributed by atoms with Gasteiger partial charge in [0.15, 0.2) is 9.90 Å². The summed E-state index contributed by atoms with van der Waals surface area (Å²) in [5.74, 6) is 0.563. The number of aryl methyl sites for hydroxylation is 1. The molecule has 2 aromatic heterocycles. The molecule has 2 heterocycles.